The molecule has 1 unspecified atom stereocenters. The van der Waals surface area contributed by atoms with Crippen LogP contribution >= 0.6 is 0 Å². The molecule has 0 aliphatic carbocycles. The molecule has 1 saturated heterocycles. The first kappa shape index (κ1) is 12.9. The van der Waals surface area contributed by atoms with Crippen molar-refractivity contribution in [1.29, 1.82) is 0 Å². The van der Waals surface area contributed by atoms with Gasteiger partial charge in [0.2, 0.25) is 5.91 Å². The summed E-state index contributed by atoms with van der Waals surface area (Å²) in [6.07, 6.45) is 0.856. The van der Waals surface area contributed by atoms with Crippen molar-refractivity contribution in [3.8, 4) is 0 Å². The molecule has 0 aromatic heterocycles. The lowest BCUT2D eigenvalue weighted by Gasteiger charge is -2.22. The fourth-order valence-corrected chi connectivity index (χ4v) is 1.68. The van der Waals surface area contributed by atoms with Crippen LogP contribution in [-0.4, -0.2) is 49.8 Å². The molecule has 0 saturated carbocycles. The number of rotatable bonds is 5. The van der Waals surface area contributed by atoms with Crippen molar-refractivity contribution < 1.29 is 19.4 Å². The maximum Gasteiger partial charge on any atom is 0.334 e. The summed E-state index contributed by atoms with van der Waals surface area (Å²) in [4.78, 5) is 22.3. The summed E-state index contributed by atoms with van der Waals surface area (Å²) in [6, 6.07) is 0. The molecule has 6 heteroatoms. The van der Waals surface area contributed by atoms with Crippen LogP contribution in [0.5, 0.6) is 0 Å². The summed E-state index contributed by atoms with van der Waals surface area (Å²) in [5, 5.41) is 14.4. The minimum absolute atomic E-state index is 0.0150. The zero-order valence-electron chi connectivity index (χ0n) is 9.36. The quantitative estimate of drug-likeness (QED) is 0.575. The summed E-state index contributed by atoms with van der Waals surface area (Å²) in [7, 11) is 1.31. The Labute approximate surface area is 94.3 Å². The second kappa shape index (κ2) is 6.44. The number of hydrogen-bond donors (Lipinski definition) is 3. The number of carboxylic acids is 1. The van der Waals surface area contributed by atoms with Gasteiger partial charge in [0.15, 0.2) is 6.10 Å². The predicted molar refractivity (Wildman–Crippen MR) is 57.0 cm³/mol. The molecule has 92 valence electrons. The summed E-state index contributed by atoms with van der Waals surface area (Å²) in [6.45, 7) is 1.62. The Bertz CT molecular complexity index is 251. The van der Waals surface area contributed by atoms with Gasteiger partial charge in [0.05, 0.1) is 12.5 Å². The number of carbonyl (C=O) groups excluding carboxylic acids is 1. The van der Waals surface area contributed by atoms with E-state index in [4.69, 9.17) is 9.84 Å². The summed E-state index contributed by atoms with van der Waals surface area (Å²) in [5.41, 5.74) is 0. The molecular formula is C10H18N2O4. The number of aliphatic carboxylic acids is 1. The number of ether oxygens (including phenoxy) is 1. The Hall–Kier alpha value is -1.14. The second-order valence-electron chi connectivity index (χ2n) is 3.85. The third-order valence-electron chi connectivity index (χ3n) is 2.69. The first-order chi connectivity index (χ1) is 7.65. The molecule has 3 N–H and O–H groups in total. The monoisotopic (exact) mass is 230 g/mol. The molecule has 1 aliphatic heterocycles. The SMILES string of the molecule is COC(CNC(=O)[C@H]1CCCNC1)C(=O)O. The van der Waals surface area contributed by atoms with Crippen molar-refractivity contribution in [3.05, 3.63) is 0 Å². The molecule has 6 nitrogen and oxygen atoms in total. The van der Waals surface area contributed by atoms with E-state index in [2.05, 4.69) is 10.6 Å². The molecule has 1 heterocycles. The van der Waals surface area contributed by atoms with Gasteiger partial charge in [-0.05, 0) is 19.4 Å². The number of carbonyl (C=O) groups is 2. The lowest BCUT2D eigenvalue weighted by atomic mass is 9.99. The molecule has 1 rings (SSSR count). The van der Waals surface area contributed by atoms with Gasteiger partial charge in [-0.2, -0.15) is 0 Å². The standard InChI is InChI=1S/C10H18N2O4/c1-16-8(10(14)15)6-12-9(13)7-3-2-4-11-5-7/h7-8,11H,2-6H2,1H3,(H,12,13)(H,14,15)/t7-,8?/m0/s1. The van der Waals surface area contributed by atoms with Crippen LogP contribution < -0.4 is 10.6 Å². The van der Waals surface area contributed by atoms with Crippen molar-refractivity contribution in [2.45, 2.75) is 18.9 Å². The number of piperidine rings is 1. The predicted octanol–water partition coefficient (Wildman–Crippen LogP) is -0.798. The average Bonchev–Trinajstić information content (AvgIpc) is 2.30. The van der Waals surface area contributed by atoms with E-state index in [9.17, 15) is 9.59 Å². The van der Waals surface area contributed by atoms with Crippen LogP contribution in [0.1, 0.15) is 12.8 Å². The molecule has 16 heavy (non-hydrogen) atoms. The van der Waals surface area contributed by atoms with Crippen LogP contribution in [0.2, 0.25) is 0 Å². The van der Waals surface area contributed by atoms with Crippen LogP contribution in [0.15, 0.2) is 0 Å². The van der Waals surface area contributed by atoms with Gasteiger partial charge in [-0.25, -0.2) is 4.79 Å². The van der Waals surface area contributed by atoms with Gasteiger partial charge in [0.1, 0.15) is 0 Å². The molecule has 2 atom stereocenters. The number of amides is 1. The summed E-state index contributed by atoms with van der Waals surface area (Å²) in [5.74, 6) is -1.22. The van der Waals surface area contributed by atoms with E-state index in [1.807, 2.05) is 0 Å². The highest BCUT2D eigenvalue weighted by atomic mass is 16.5. The minimum atomic E-state index is -1.07. The molecule has 0 bridgehead atoms. The molecule has 0 aromatic carbocycles. The van der Waals surface area contributed by atoms with Crippen LogP contribution in [0.4, 0.5) is 0 Å². The van der Waals surface area contributed by atoms with E-state index in [-0.39, 0.29) is 18.4 Å². The number of hydrogen-bond acceptors (Lipinski definition) is 4. The van der Waals surface area contributed by atoms with Crippen LogP contribution in [0.3, 0.4) is 0 Å². The van der Waals surface area contributed by atoms with Crippen molar-refractivity contribution in [3.63, 3.8) is 0 Å². The third-order valence-corrected chi connectivity index (χ3v) is 2.69. The Balaban J connectivity index is 2.30. The highest BCUT2D eigenvalue weighted by Gasteiger charge is 2.23. The maximum atomic E-state index is 11.6. The van der Waals surface area contributed by atoms with Crippen molar-refractivity contribution >= 4 is 11.9 Å². The Morgan fingerprint density at radius 3 is 2.88 bits per heavy atom. The molecule has 0 spiro atoms. The lowest BCUT2D eigenvalue weighted by molar-refractivity contribution is -0.148. The number of methoxy groups -OCH3 is 1. The molecule has 0 aromatic rings. The van der Waals surface area contributed by atoms with Gasteiger partial charge in [-0.3, -0.25) is 4.79 Å². The van der Waals surface area contributed by atoms with E-state index in [1.165, 1.54) is 7.11 Å². The van der Waals surface area contributed by atoms with Crippen LogP contribution in [0.25, 0.3) is 0 Å². The van der Waals surface area contributed by atoms with Crippen LogP contribution in [0, 0.1) is 5.92 Å². The van der Waals surface area contributed by atoms with Gasteiger partial charge in [-0.15, -0.1) is 0 Å². The van der Waals surface area contributed by atoms with Gasteiger partial charge >= 0.3 is 5.97 Å². The van der Waals surface area contributed by atoms with Gasteiger partial charge < -0.3 is 20.5 Å². The van der Waals surface area contributed by atoms with E-state index >= 15 is 0 Å². The minimum Gasteiger partial charge on any atom is -0.479 e. The normalized spacial score (nSPS) is 22.4. The number of carboxylic acid groups (broad SMARTS) is 1. The van der Waals surface area contributed by atoms with Crippen molar-refractivity contribution in [2.24, 2.45) is 5.92 Å². The second-order valence-corrected chi connectivity index (χ2v) is 3.85. The van der Waals surface area contributed by atoms with Gasteiger partial charge in [0.25, 0.3) is 0 Å². The van der Waals surface area contributed by atoms with Gasteiger partial charge in [-0.1, -0.05) is 0 Å². The van der Waals surface area contributed by atoms with Crippen molar-refractivity contribution in [2.75, 3.05) is 26.7 Å². The number of nitrogens with one attached hydrogen (secondary N) is 2. The molecular weight excluding hydrogens is 212 g/mol. The van der Waals surface area contributed by atoms with Crippen LogP contribution in [-0.2, 0) is 14.3 Å². The molecule has 1 aliphatic rings. The molecule has 1 amide bonds. The first-order valence-corrected chi connectivity index (χ1v) is 5.39. The van der Waals surface area contributed by atoms with E-state index in [0.717, 1.165) is 19.4 Å². The van der Waals surface area contributed by atoms with Gasteiger partial charge in [0, 0.05) is 13.7 Å². The Kier molecular flexibility index (Phi) is 5.21. The molecule has 0 radical (unpaired) electrons. The first-order valence-electron chi connectivity index (χ1n) is 5.39. The smallest absolute Gasteiger partial charge is 0.334 e. The summed E-state index contributed by atoms with van der Waals surface area (Å²) >= 11 is 0. The lowest BCUT2D eigenvalue weighted by Crippen LogP contribution is -2.44. The fourth-order valence-electron chi connectivity index (χ4n) is 1.68. The Morgan fingerprint density at radius 1 is 1.62 bits per heavy atom. The zero-order chi connectivity index (χ0) is 12.0. The fraction of sp³-hybridized carbons (Fsp3) is 0.800. The maximum absolute atomic E-state index is 11.6. The average molecular weight is 230 g/mol. The van der Waals surface area contributed by atoms with E-state index in [0.29, 0.717) is 6.54 Å². The van der Waals surface area contributed by atoms with E-state index in [1.54, 1.807) is 0 Å². The highest BCUT2D eigenvalue weighted by molar-refractivity contribution is 5.80. The van der Waals surface area contributed by atoms with E-state index < -0.39 is 12.1 Å². The highest BCUT2D eigenvalue weighted by Crippen LogP contribution is 2.09. The largest absolute Gasteiger partial charge is 0.479 e. The summed E-state index contributed by atoms with van der Waals surface area (Å²) < 4.78 is 4.72. The van der Waals surface area contributed by atoms with Crippen molar-refractivity contribution in [1.82, 2.24) is 10.6 Å². The molecule has 1 fully saturated rings. The topological polar surface area (TPSA) is 87.7 Å². The zero-order valence-corrected chi connectivity index (χ0v) is 9.36. The Morgan fingerprint density at radius 2 is 2.38 bits per heavy atom. The third kappa shape index (κ3) is 3.79.